The Hall–Kier alpha value is -2.64. The first-order valence-corrected chi connectivity index (χ1v) is 11.3. The number of carbonyl (C=O) groups is 1. The van der Waals surface area contributed by atoms with Crippen LogP contribution >= 0.6 is 15.9 Å². The van der Waals surface area contributed by atoms with Gasteiger partial charge in [0, 0.05) is 21.4 Å². The van der Waals surface area contributed by atoms with Crippen molar-refractivity contribution in [2.45, 2.75) is 24.7 Å². The van der Waals surface area contributed by atoms with Gasteiger partial charge in [-0.1, -0.05) is 48.0 Å². The summed E-state index contributed by atoms with van der Waals surface area (Å²) in [6, 6.07) is 20.3. The molecule has 29 heavy (non-hydrogen) atoms. The quantitative estimate of drug-likeness (QED) is 0.488. The lowest BCUT2D eigenvalue weighted by Gasteiger charge is -2.14. The number of halogens is 1. The van der Waals surface area contributed by atoms with Crippen LogP contribution in [0.3, 0.4) is 0 Å². The van der Waals surface area contributed by atoms with E-state index in [0.717, 1.165) is 15.7 Å². The van der Waals surface area contributed by atoms with Crippen molar-refractivity contribution in [1.29, 1.82) is 0 Å². The molecule has 0 fully saturated rings. The Kier molecular flexibility index (Phi) is 6.39. The van der Waals surface area contributed by atoms with E-state index in [1.165, 1.54) is 12.1 Å². The molecule has 0 unspecified atom stereocenters. The number of amides is 1. The maximum Gasteiger partial charge on any atom is 0.261 e. The summed E-state index contributed by atoms with van der Waals surface area (Å²) in [5.74, 6) is 0.0299. The molecule has 2 N–H and O–H groups in total. The minimum atomic E-state index is -3.70. The second-order valence-electron chi connectivity index (χ2n) is 6.83. The molecule has 0 aliphatic heterocycles. The van der Waals surface area contributed by atoms with Crippen LogP contribution in [0, 0.1) is 0 Å². The fourth-order valence-corrected chi connectivity index (χ4v) is 4.15. The van der Waals surface area contributed by atoms with Crippen LogP contribution in [0.25, 0.3) is 0 Å². The van der Waals surface area contributed by atoms with Gasteiger partial charge in [0.1, 0.15) is 0 Å². The fraction of sp³-hybridized carbons (Fsp3) is 0.136. The molecule has 7 heteroatoms. The van der Waals surface area contributed by atoms with Crippen molar-refractivity contribution in [3.05, 3.63) is 88.4 Å². The highest BCUT2D eigenvalue weighted by molar-refractivity contribution is 9.10. The molecule has 3 aromatic rings. The molecule has 0 saturated heterocycles. The second kappa shape index (κ2) is 8.80. The van der Waals surface area contributed by atoms with E-state index in [1.54, 1.807) is 36.4 Å². The SMILES string of the molecule is CC(C)c1ccccc1NC(=O)c1ccc(NS(=O)(=O)c2ccc(Br)cc2)cc1. The van der Waals surface area contributed by atoms with Crippen molar-refractivity contribution in [3.63, 3.8) is 0 Å². The van der Waals surface area contributed by atoms with Crippen LogP contribution in [-0.4, -0.2) is 14.3 Å². The Morgan fingerprint density at radius 2 is 1.52 bits per heavy atom. The summed E-state index contributed by atoms with van der Waals surface area (Å²) in [4.78, 5) is 12.7. The lowest BCUT2D eigenvalue weighted by Crippen LogP contribution is -2.15. The number of nitrogens with one attached hydrogen (secondary N) is 2. The molecule has 3 aromatic carbocycles. The Labute approximate surface area is 179 Å². The molecule has 0 spiro atoms. The Bertz CT molecular complexity index is 1110. The summed E-state index contributed by atoms with van der Waals surface area (Å²) in [5.41, 5.74) is 2.65. The van der Waals surface area contributed by atoms with Gasteiger partial charge in [-0.25, -0.2) is 8.42 Å². The molecule has 0 aliphatic carbocycles. The first kappa shape index (κ1) is 21.1. The van der Waals surface area contributed by atoms with E-state index >= 15 is 0 Å². The summed E-state index contributed by atoms with van der Waals surface area (Å²) in [7, 11) is -3.70. The van der Waals surface area contributed by atoms with Crippen molar-refractivity contribution in [2.24, 2.45) is 0 Å². The topological polar surface area (TPSA) is 75.3 Å². The molecule has 1 amide bonds. The van der Waals surface area contributed by atoms with Crippen LogP contribution in [0.15, 0.2) is 82.2 Å². The van der Waals surface area contributed by atoms with E-state index in [0.29, 0.717) is 11.3 Å². The summed E-state index contributed by atoms with van der Waals surface area (Å²) >= 11 is 3.28. The van der Waals surface area contributed by atoms with E-state index in [-0.39, 0.29) is 16.7 Å². The van der Waals surface area contributed by atoms with Crippen LogP contribution in [0.4, 0.5) is 11.4 Å². The zero-order chi connectivity index (χ0) is 21.0. The third kappa shape index (κ3) is 5.25. The first-order chi connectivity index (χ1) is 13.8. The van der Waals surface area contributed by atoms with Gasteiger partial charge in [-0.3, -0.25) is 9.52 Å². The largest absolute Gasteiger partial charge is 0.322 e. The summed E-state index contributed by atoms with van der Waals surface area (Å²) in [6.07, 6.45) is 0. The first-order valence-electron chi connectivity index (χ1n) is 9.05. The van der Waals surface area contributed by atoms with E-state index in [1.807, 2.05) is 24.3 Å². The lowest BCUT2D eigenvalue weighted by molar-refractivity contribution is 0.102. The third-order valence-electron chi connectivity index (χ3n) is 4.35. The molecule has 0 radical (unpaired) electrons. The normalized spacial score (nSPS) is 11.3. The second-order valence-corrected chi connectivity index (χ2v) is 9.43. The highest BCUT2D eigenvalue weighted by atomic mass is 79.9. The molecule has 5 nitrogen and oxygen atoms in total. The number of para-hydroxylation sites is 1. The Morgan fingerprint density at radius 1 is 0.897 bits per heavy atom. The molecule has 0 atom stereocenters. The number of rotatable bonds is 6. The maximum atomic E-state index is 12.6. The molecular formula is C22H21BrN2O3S. The molecule has 0 heterocycles. The van der Waals surface area contributed by atoms with Crippen molar-refractivity contribution in [3.8, 4) is 0 Å². The van der Waals surface area contributed by atoms with Gasteiger partial charge in [-0.15, -0.1) is 0 Å². The predicted octanol–water partition coefficient (Wildman–Crippen LogP) is 5.63. The van der Waals surface area contributed by atoms with E-state index in [2.05, 4.69) is 39.8 Å². The lowest BCUT2D eigenvalue weighted by atomic mass is 10.0. The highest BCUT2D eigenvalue weighted by Crippen LogP contribution is 2.24. The number of carbonyl (C=O) groups excluding carboxylic acids is 1. The summed E-state index contributed by atoms with van der Waals surface area (Å²) < 4.78 is 28.3. The minimum Gasteiger partial charge on any atom is -0.322 e. The molecule has 0 aromatic heterocycles. The third-order valence-corrected chi connectivity index (χ3v) is 6.28. The molecule has 3 rings (SSSR count). The Balaban J connectivity index is 1.73. The molecule has 0 saturated carbocycles. The van der Waals surface area contributed by atoms with Gasteiger partial charge in [-0.05, 0) is 66.1 Å². The predicted molar refractivity (Wildman–Crippen MR) is 120 cm³/mol. The monoisotopic (exact) mass is 472 g/mol. The van der Waals surface area contributed by atoms with Gasteiger partial charge < -0.3 is 5.32 Å². The van der Waals surface area contributed by atoms with Crippen molar-refractivity contribution >= 4 is 43.2 Å². The molecule has 0 bridgehead atoms. The number of hydrogen-bond donors (Lipinski definition) is 2. The number of benzene rings is 3. The van der Waals surface area contributed by atoms with E-state index in [9.17, 15) is 13.2 Å². The zero-order valence-corrected chi connectivity index (χ0v) is 18.4. The van der Waals surface area contributed by atoms with Crippen LogP contribution in [0.5, 0.6) is 0 Å². The van der Waals surface area contributed by atoms with Crippen LogP contribution in [0.2, 0.25) is 0 Å². The average molecular weight is 473 g/mol. The summed E-state index contributed by atoms with van der Waals surface area (Å²) in [6.45, 7) is 4.13. The van der Waals surface area contributed by atoms with Crippen LogP contribution in [0.1, 0.15) is 35.7 Å². The number of hydrogen-bond acceptors (Lipinski definition) is 3. The van der Waals surface area contributed by atoms with Gasteiger partial charge in [0.15, 0.2) is 0 Å². The summed E-state index contributed by atoms with van der Waals surface area (Å²) in [5, 5.41) is 2.92. The standard InChI is InChI=1S/C22H21BrN2O3S/c1-15(2)20-5-3-4-6-21(20)24-22(26)16-7-11-18(12-8-16)25-29(27,28)19-13-9-17(23)10-14-19/h3-15,25H,1-2H3,(H,24,26). The smallest absolute Gasteiger partial charge is 0.261 e. The van der Waals surface area contributed by atoms with Gasteiger partial charge in [0.05, 0.1) is 4.90 Å². The average Bonchev–Trinajstić information content (AvgIpc) is 2.69. The molecule has 150 valence electrons. The van der Waals surface area contributed by atoms with Gasteiger partial charge >= 0.3 is 0 Å². The van der Waals surface area contributed by atoms with E-state index in [4.69, 9.17) is 0 Å². The van der Waals surface area contributed by atoms with Crippen LogP contribution in [-0.2, 0) is 10.0 Å². The molecule has 0 aliphatic rings. The maximum absolute atomic E-state index is 12.6. The van der Waals surface area contributed by atoms with Gasteiger partial charge in [0.25, 0.3) is 15.9 Å². The zero-order valence-electron chi connectivity index (χ0n) is 16.0. The molecular weight excluding hydrogens is 452 g/mol. The van der Waals surface area contributed by atoms with Gasteiger partial charge in [-0.2, -0.15) is 0 Å². The van der Waals surface area contributed by atoms with Crippen molar-refractivity contribution in [2.75, 3.05) is 10.0 Å². The fourth-order valence-electron chi connectivity index (χ4n) is 2.83. The minimum absolute atomic E-state index is 0.160. The van der Waals surface area contributed by atoms with E-state index < -0.39 is 10.0 Å². The van der Waals surface area contributed by atoms with Crippen molar-refractivity contribution < 1.29 is 13.2 Å². The Morgan fingerprint density at radius 3 is 2.14 bits per heavy atom. The van der Waals surface area contributed by atoms with Gasteiger partial charge in [0.2, 0.25) is 0 Å². The van der Waals surface area contributed by atoms with Crippen molar-refractivity contribution in [1.82, 2.24) is 0 Å². The number of anilines is 2. The number of sulfonamides is 1. The van der Waals surface area contributed by atoms with Crippen LogP contribution < -0.4 is 10.0 Å². The highest BCUT2D eigenvalue weighted by Gasteiger charge is 2.15.